The summed E-state index contributed by atoms with van der Waals surface area (Å²) in [6.07, 6.45) is 1.64. The van der Waals surface area contributed by atoms with E-state index in [1.807, 2.05) is 6.92 Å². The number of hydrogen-bond acceptors (Lipinski definition) is 5. The quantitative estimate of drug-likeness (QED) is 0.685. The van der Waals surface area contributed by atoms with Crippen molar-refractivity contribution in [1.29, 1.82) is 0 Å². The number of aryl methyl sites for hydroxylation is 1. The first kappa shape index (κ1) is 9.32. The largest absolute Gasteiger partial charge is 0.368 e. The normalized spacial score (nSPS) is 10.2. The van der Waals surface area contributed by atoms with Crippen LogP contribution in [0.3, 0.4) is 0 Å². The van der Waals surface area contributed by atoms with Crippen LogP contribution in [0.5, 0.6) is 0 Å². The fraction of sp³-hybridized carbons (Fsp3) is 0.111. The molecule has 76 valence electrons. The van der Waals surface area contributed by atoms with Gasteiger partial charge in [0.05, 0.1) is 0 Å². The molecule has 2 rings (SSSR count). The lowest BCUT2D eigenvalue weighted by atomic mass is 10.2. The maximum Gasteiger partial charge on any atom is 0.349 e. The van der Waals surface area contributed by atoms with E-state index < -0.39 is 5.69 Å². The summed E-state index contributed by atoms with van der Waals surface area (Å²) in [5.74, 6) is 0.362. The number of aromatic amines is 1. The lowest BCUT2D eigenvalue weighted by Crippen LogP contribution is -2.15. The number of nitrogens with two attached hydrogens (primary N) is 1. The van der Waals surface area contributed by atoms with Gasteiger partial charge < -0.3 is 5.73 Å². The van der Waals surface area contributed by atoms with Gasteiger partial charge in [-0.2, -0.15) is 9.97 Å². The fourth-order valence-corrected chi connectivity index (χ4v) is 1.23. The van der Waals surface area contributed by atoms with Gasteiger partial charge in [-0.1, -0.05) is 0 Å². The van der Waals surface area contributed by atoms with Gasteiger partial charge in [-0.25, -0.2) is 4.79 Å². The van der Waals surface area contributed by atoms with E-state index in [0.29, 0.717) is 5.82 Å². The first-order valence-electron chi connectivity index (χ1n) is 4.32. The van der Waals surface area contributed by atoms with E-state index in [9.17, 15) is 4.79 Å². The summed E-state index contributed by atoms with van der Waals surface area (Å²) in [4.78, 5) is 25.0. The number of nitrogen functional groups attached to an aromatic ring is 1. The average molecular weight is 203 g/mol. The van der Waals surface area contributed by atoms with Crippen LogP contribution in [-0.4, -0.2) is 19.9 Å². The molecule has 0 fully saturated rings. The molecule has 6 nitrogen and oxygen atoms in total. The van der Waals surface area contributed by atoms with Gasteiger partial charge in [0.1, 0.15) is 5.82 Å². The Labute approximate surface area is 85.2 Å². The van der Waals surface area contributed by atoms with Gasteiger partial charge in [-0.05, 0) is 19.1 Å². The summed E-state index contributed by atoms with van der Waals surface area (Å²) in [5.41, 5.74) is 6.47. The van der Waals surface area contributed by atoms with Crippen LogP contribution >= 0.6 is 0 Å². The Bertz CT molecular complexity index is 548. The fourth-order valence-electron chi connectivity index (χ4n) is 1.23. The minimum atomic E-state index is -0.507. The Hall–Kier alpha value is -2.24. The van der Waals surface area contributed by atoms with E-state index in [1.54, 1.807) is 18.3 Å². The zero-order valence-corrected chi connectivity index (χ0v) is 8.06. The second-order valence-corrected chi connectivity index (χ2v) is 3.05. The van der Waals surface area contributed by atoms with Crippen molar-refractivity contribution in [2.45, 2.75) is 6.92 Å². The molecule has 6 heteroatoms. The van der Waals surface area contributed by atoms with Crippen LogP contribution in [0.15, 0.2) is 23.1 Å². The Balaban J connectivity index is 2.59. The summed E-state index contributed by atoms with van der Waals surface area (Å²) >= 11 is 0. The molecule has 3 N–H and O–H groups in total. The Morgan fingerprint density at radius 3 is 2.87 bits per heavy atom. The smallest absolute Gasteiger partial charge is 0.349 e. The van der Waals surface area contributed by atoms with Crippen LogP contribution in [0.4, 0.5) is 5.95 Å². The molecule has 0 saturated carbocycles. The highest BCUT2D eigenvalue weighted by Gasteiger charge is 2.03. The zero-order chi connectivity index (χ0) is 10.8. The number of anilines is 1. The van der Waals surface area contributed by atoms with Crippen molar-refractivity contribution in [3.8, 4) is 11.4 Å². The highest BCUT2D eigenvalue weighted by atomic mass is 16.1. The highest BCUT2D eigenvalue weighted by Crippen LogP contribution is 2.13. The van der Waals surface area contributed by atoms with Crippen LogP contribution < -0.4 is 11.4 Å². The predicted octanol–water partition coefficient (Wildman–Crippen LogP) is 0.118. The summed E-state index contributed by atoms with van der Waals surface area (Å²) in [7, 11) is 0. The SMILES string of the molecule is Cc1cc(-c2nc(N)nc(=O)[nH]2)ccn1. The van der Waals surface area contributed by atoms with Gasteiger partial charge in [0.25, 0.3) is 0 Å². The predicted molar refractivity (Wildman–Crippen MR) is 55.0 cm³/mol. The minimum Gasteiger partial charge on any atom is -0.368 e. The maximum absolute atomic E-state index is 11.1. The zero-order valence-electron chi connectivity index (χ0n) is 8.06. The molecule has 0 amide bonds. The van der Waals surface area contributed by atoms with Gasteiger partial charge >= 0.3 is 5.69 Å². The van der Waals surface area contributed by atoms with Crippen molar-refractivity contribution in [1.82, 2.24) is 19.9 Å². The molecule has 0 saturated heterocycles. The number of rotatable bonds is 1. The topological polar surface area (TPSA) is 97.5 Å². The van der Waals surface area contributed by atoms with E-state index in [0.717, 1.165) is 11.3 Å². The summed E-state index contributed by atoms with van der Waals surface area (Å²) in [6, 6.07) is 3.54. The third-order valence-electron chi connectivity index (χ3n) is 1.84. The number of pyridine rings is 1. The van der Waals surface area contributed by atoms with E-state index in [-0.39, 0.29) is 5.95 Å². The minimum absolute atomic E-state index is 0.0387. The third-order valence-corrected chi connectivity index (χ3v) is 1.84. The lowest BCUT2D eigenvalue weighted by Gasteiger charge is -2.01. The van der Waals surface area contributed by atoms with Crippen LogP contribution in [0, 0.1) is 6.92 Å². The van der Waals surface area contributed by atoms with E-state index in [4.69, 9.17) is 5.73 Å². The summed E-state index contributed by atoms with van der Waals surface area (Å²) in [6.45, 7) is 1.85. The molecule has 2 aromatic rings. The van der Waals surface area contributed by atoms with Crippen molar-refractivity contribution in [3.63, 3.8) is 0 Å². The van der Waals surface area contributed by atoms with Gasteiger partial charge in [0, 0.05) is 17.5 Å². The van der Waals surface area contributed by atoms with Crippen LogP contribution in [0.25, 0.3) is 11.4 Å². The molecule has 0 aliphatic heterocycles. The van der Waals surface area contributed by atoms with Crippen LogP contribution in [0.2, 0.25) is 0 Å². The first-order chi connectivity index (χ1) is 7.15. The van der Waals surface area contributed by atoms with Crippen molar-refractivity contribution in [2.24, 2.45) is 0 Å². The number of H-pyrrole nitrogens is 1. The van der Waals surface area contributed by atoms with E-state index in [2.05, 4.69) is 19.9 Å². The Morgan fingerprint density at radius 2 is 2.20 bits per heavy atom. The van der Waals surface area contributed by atoms with Crippen LogP contribution in [-0.2, 0) is 0 Å². The van der Waals surface area contributed by atoms with E-state index >= 15 is 0 Å². The highest BCUT2D eigenvalue weighted by molar-refractivity contribution is 5.55. The third kappa shape index (κ3) is 1.98. The average Bonchev–Trinajstić information content (AvgIpc) is 2.16. The van der Waals surface area contributed by atoms with Crippen LogP contribution in [0.1, 0.15) is 5.69 Å². The Kier molecular flexibility index (Phi) is 2.17. The number of nitrogens with zero attached hydrogens (tertiary/aromatic N) is 3. The van der Waals surface area contributed by atoms with Crippen molar-refractivity contribution >= 4 is 5.95 Å². The van der Waals surface area contributed by atoms with Gasteiger partial charge in [0.15, 0.2) is 0 Å². The standard InChI is InChI=1S/C9H9N5O/c1-5-4-6(2-3-11-5)7-12-8(10)14-9(15)13-7/h2-4H,1H3,(H3,10,12,13,14,15). The monoisotopic (exact) mass is 203 g/mol. The molecule has 0 unspecified atom stereocenters. The molecule has 0 aliphatic carbocycles. The summed E-state index contributed by atoms with van der Waals surface area (Å²) < 4.78 is 0. The molecule has 2 heterocycles. The molecule has 2 aromatic heterocycles. The molecule has 15 heavy (non-hydrogen) atoms. The second-order valence-electron chi connectivity index (χ2n) is 3.05. The molecular formula is C9H9N5O. The number of nitrogens with one attached hydrogen (secondary N) is 1. The van der Waals surface area contributed by atoms with Gasteiger partial charge in [-0.15, -0.1) is 0 Å². The Morgan fingerprint density at radius 1 is 1.40 bits per heavy atom. The van der Waals surface area contributed by atoms with Crippen molar-refractivity contribution in [3.05, 3.63) is 34.5 Å². The molecule has 0 aromatic carbocycles. The van der Waals surface area contributed by atoms with E-state index in [1.165, 1.54) is 0 Å². The summed E-state index contributed by atoms with van der Waals surface area (Å²) in [5, 5.41) is 0. The molecule has 0 aliphatic rings. The second kappa shape index (κ2) is 3.49. The lowest BCUT2D eigenvalue weighted by molar-refractivity contribution is 1.01. The molecule has 0 radical (unpaired) electrons. The number of hydrogen-bond donors (Lipinski definition) is 2. The molecule has 0 spiro atoms. The van der Waals surface area contributed by atoms with Gasteiger partial charge in [0.2, 0.25) is 5.95 Å². The first-order valence-corrected chi connectivity index (χ1v) is 4.32. The van der Waals surface area contributed by atoms with Crippen molar-refractivity contribution in [2.75, 3.05) is 5.73 Å². The molecule has 0 atom stereocenters. The molecule has 0 bridgehead atoms. The van der Waals surface area contributed by atoms with Gasteiger partial charge in [-0.3, -0.25) is 9.97 Å². The van der Waals surface area contributed by atoms with Crippen molar-refractivity contribution < 1.29 is 0 Å². The maximum atomic E-state index is 11.1. The number of aromatic nitrogens is 4. The molecular weight excluding hydrogens is 194 g/mol.